The lowest BCUT2D eigenvalue weighted by molar-refractivity contribution is -0.204. The van der Waals surface area contributed by atoms with E-state index in [0.717, 1.165) is 12.8 Å². The lowest BCUT2D eigenvalue weighted by Gasteiger charge is -2.58. The zero-order chi connectivity index (χ0) is 28.0. The maximum atomic E-state index is 13.1. The highest BCUT2D eigenvalue weighted by Gasteiger charge is 2.66. The van der Waals surface area contributed by atoms with Crippen LogP contribution in [0.15, 0.2) is 0 Å². The average Bonchev–Trinajstić information content (AvgIpc) is 2.80. The molecule has 0 bridgehead atoms. The molecule has 0 aliphatic heterocycles. The van der Waals surface area contributed by atoms with E-state index in [9.17, 15) is 4.79 Å². The van der Waals surface area contributed by atoms with E-state index in [1.54, 1.807) is 7.11 Å². The first-order chi connectivity index (χ1) is 16.9. The summed E-state index contributed by atoms with van der Waals surface area (Å²) in [5.74, 6) is 8.28. The Labute approximate surface area is 230 Å². The SMILES string of the molecule is CO[C@]12CC[C@@H](O[Si](C)(C)C(C)(C)C)[C@H](C#C[C@@H](O[Si](C)(C)C(C)(C)C)C3CCCCC3)[C@H]1C(C)C2=O. The monoisotopic (exact) mass is 548 g/mol. The fourth-order valence-electron chi connectivity index (χ4n) is 6.24. The molecule has 1 unspecified atom stereocenters. The van der Waals surface area contributed by atoms with Gasteiger partial charge in [-0.15, -0.1) is 0 Å². The van der Waals surface area contributed by atoms with Crippen molar-refractivity contribution in [3.05, 3.63) is 0 Å². The normalized spacial score (nSPS) is 32.7. The highest BCUT2D eigenvalue weighted by molar-refractivity contribution is 6.74. The number of hydrogen-bond donors (Lipinski definition) is 0. The molecule has 3 aliphatic carbocycles. The maximum Gasteiger partial charge on any atom is 0.193 e. The van der Waals surface area contributed by atoms with E-state index in [1.165, 1.54) is 32.1 Å². The van der Waals surface area contributed by atoms with Gasteiger partial charge in [0.15, 0.2) is 22.4 Å². The van der Waals surface area contributed by atoms with Gasteiger partial charge in [-0.2, -0.15) is 0 Å². The van der Waals surface area contributed by atoms with Crippen LogP contribution in [-0.4, -0.2) is 47.3 Å². The number of fused-ring (bicyclic) bond motifs is 1. The van der Waals surface area contributed by atoms with Gasteiger partial charge in [-0.05, 0) is 67.9 Å². The molecule has 4 nitrogen and oxygen atoms in total. The van der Waals surface area contributed by atoms with Crippen molar-refractivity contribution in [1.82, 2.24) is 0 Å². The van der Waals surface area contributed by atoms with E-state index in [-0.39, 0.29) is 45.8 Å². The first-order valence-corrected chi connectivity index (χ1v) is 20.7. The number of ether oxygens (including phenoxy) is 1. The van der Waals surface area contributed by atoms with E-state index in [4.69, 9.17) is 13.6 Å². The van der Waals surface area contributed by atoms with Crippen LogP contribution in [0, 0.1) is 35.5 Å². The molecule has 0 spiro atoms. The topological polar surface area (TPSA) is 44.8 Å². The molecule has 0 radical (unpaired) electrons. The second kappa shape index (κ2) is 10.8. The third-order valence-corrected chi connectivity index (χ3v) is 19.8. The fourth-order valence-corrected chi connectivity index (χ4v) is 8.86. The molecule has 37 heavy (non-hydrogen) atoms. The summed E-state index contributed by atoms with van der Waals surface area (Å²) >= 11 is 0. The molecule has 3 rings (SSSR count). The molecule has 0 aromatic rings. The molecule has 212 valence electrons. The van der Waals surface area contributed by atoms with Crippen molar-refractivity contribution < 1.29 is 18.4 Å². The van der Waals surface area contributed by atoms with Crippen LogP contribution in [-0.2, 0) is 18.4 Å². The van der Waals surface area contributed by atoms with E-state index < -0.39 is 22.2 Å². The standard InChI is InChI=1S/C31H56O4Si2/c1-22-27-24(18-19-25(23-16-14-13-15-17-23)34-36(9,10)29(2,3)4)26(35-37(11,12)30(5,6)7)20-21-31(27,33-8)28(22)32/h22-27H,13-17,20-21H2,1-12H3/t22?,24-,25+,26+,27+,31+/m0/s1. The van der Waals surface area contributed by atoms with E-state index >= 15 is 0 Å². The molecule has 0 heterocycles. The van der Waals surface area contributed by atoms with Crippen molar-refractivity contribution >= 4 is 22.4 Å². The summed E-state index contributed by atoms with van der Waals surface area (Å²) < 4.78 is 20.1. The lowest BCUT2D eigenvalue weighted by Crippen LogP contribution is -2.70. The summed E-state index contributed by atoms with van der Waals surface area (Å²) in [5.41, 5.74) is -0.688. The summed E-state index contributed by atoms with van der Waals surface area (Å²) in [4.78, 5) is 13.1. The number of methoxy groups -OCH3 is 1. The summed E-state index contributed by atoms with van der Waals surface area (Å²) in [6.07, 6.45) is 7.81. The van der Waals surface area contributed by atoms with Crippen LogP contribution in [0.4, 0.5) is 0 Å². The molecule has 0 amide bonds. The molecule has 3 fully saturated rings. The van der Waals surface area contributed by atoms with Crippen LogP contribution in [0.25, 0.3) is 0 Å². The first kappa shape index (κ1) is 31.1. The smallest absolute Gasteiger partial charge is 0.193 e. The number of hydrogen-bond acceptors (Lipinski definition) is 4. The van der Waals surface area contributed by atoms with Crippen molar-refractivity contribution in [3.8, 4) is 11.8 Å². The Balaban J connectivity index is 2.00. The van der Waals surface area contributed by atoms with Crippen molar-refractivity contribution in [1.29, 1.82) is 0 Å². The highest BCUT2D eigenvalue weighted by Crippen LogP contribution is 2.55. The molecule has 6 atom stereocenters. The Bertz CT molecular complexity index is 882. The van der Waals surface area contributed by atoms with Crippen LogP contribution >= 0.6 is 0 Å². The van der Waals surface area contributed by atoms with Gasteiger partial charge >= 0.3 is 0 Å². The lowest BCUT2D eigenvalue weighted by atomic mass is 9.50. The van der Waals surface area contributed by atoms with Crippen molar-refractivity contribution in [2.45, 2.75) is 147 Å². The minimum atomic E-state index is -2.00. The molecule has 3 saturated carbocycles. The summed E-state index contributed by atoms with van der Waals surface area (Å²) in [6.45, 7) is 25.2. The zero-order valence-corrected chi connectivity index (χ0v) is 28.0. The number of Topliss-reactive ketones (excluding diaryl/α,β-unsaturated/α-hetero) is 1. The summed E-state index contributed by atoms with van der Waals surface area (Å²) in [6, 6.07) is 0. The van der Waals surface area contributed by atoms with E-state index in [2.05, 4.69) is 86.5 Å². The second-order valence-electron chi connectivity index (χ2n) is 15.2. The molecule has 6 heteroatoms. The van der Waals surface area contributed by atoms with Gasteiger partial charge in [0.1, 0.15) is 11.7 Å². The molecule has 0 saturated heterocycles. The quantitative estimate of drug-likeness (QED) is 0.249. The van der Waals surface area contributed by atoms with Crippen LogP contribution < -0.4 is 0 Å². The van der Waals surface area contributed by atoms with Crippen LogP contribution in [0.5, 0.6) is 0 Å². The van der Waals surface area contributed by atoms with Crippen molar-refractivity contribution in [2.75, 3.05) is 7.11 Å². The second-order valence-corrected chi connectivity index (χ2v) is 24.8. The minimum absolute atomic E-state index is 0.00960. The predicted molar refractivity (Wildman–Crippen MR) is 159 cm³/mol. The third-order valence-electron chi connectivity index (χ3n) is 10.8. The van der Waals surface area contributed by atoms with Gasteiger partial charge in [-0.1, -0.05) is 79.6 Å². The molecule has 0 aromatic heterocycles. The van der Waals surface area contributed by atoms with Crippen LogP contribution in [0.3, 0.4) is 0 Å². The van der Waals surface area contributed by atoms with Gasteiger partial charge in [-0.3, -0.25) is 4.79 Å². The van der Waals surface area contributed by atoms with Gasteiger partial charge < -0.3 is 13.6 Å². The third kappa shape index (κ3) is 6.01. The van der Waals surface area contributed by atoms with Crippen molar-refractivity contribution in [3.63, 3.8) is 0 Å². The van der Waals surface area contributed by atoms with E-state index in [0.29, 0.717) is 5.92 Å². The largest absolute Gasteiger partial charge is 0.413 e. The Hall–Kier alpha value is -0.456. The Morgan fingerprint density at radius 2 is 1.49 bits per heavy atom. The number of carbonyl (C=O) groups excluding carboxylic acids is 1. The maximum absolute atomic E-state index is 13.1. The predicted octanol–water partition coefficient (Wildman–Crippen LogP) is 7.98. The van der Waals surface area contributed by atoms with Crippen molar-refractivity contribution in [2.24, 2.45) is 23.7 Å². The Morgan fingerprint density at radius 1 is 0.919 bits per heavy atom. The van der Waals surface area contributed by atoms with Crippen LogP contribution in [0.1, 0.15) is 93.4 Å². The molecular weight excluding hydrogens is 493 g/mol. The van der Waals surface area contributed by atoms with E-state index in [1.807, 2.05) is 0 Å². The molecular formula is C31H56O4Si2. The Morgan fingerprint density at radius 3 is 2.00 bits per heavy atom. The number of ketones is 1. The summed E-state index contributed by atoms with van der Waals surface area (Å²) in [7, 11) is -2.28. The number of rotatable bonds is 6. The minimum Gasteiger partial charge on any atom is -0.413 e. The fraction of sp³-hybridized carbons (Fsp3) is 0.903. The molecule has 0 aromatic carbocycles. The first-order valence-electron chi connectivity index (χ1n) is 14.8. The molecule has 0 N–H and O–H groups in total. The van der Waals surface area contributed by atoms with Gasteiger partial charge in [0.2, 0.25) is 0 Å². The average molecular weight is 549 g/mol. The summed E-state index contributed by atoms with van der Waals surface area (Å²) in [5, 5.41) is 0.262. The highest BCUT2D eigenvalue weighted by atomic mass is 28.4. The number of carbonyl (C=O) groups is 1. The van der Waals surface area contributed by atoms with Gasteiger partial charge in [0.25, 0.3) is 0 Å². The van der Waals surface area contributed by atoms with Gasteiger partial charge in [0, 0.05) is 18.9 Å². The van der Waals surface area contributed by atoms with Gasteiger partial charge in [-0.25, -0.2) is 0 Å². The zero-order valence-electron chi connectivity index (χ0n) is 26.0. The van der Waals surface area contributed by atoms with Crippen LogP contribution in [0.2, 0.25) is 36.3 Å². The Kier molecular flexibility index (Phi) is 9.11. The molecule has 3 aliphatic rings. The van der Waals surface area contributed by atoms with Gasteiger partial charge in [0.05, 0.1) is 12.0 Å².